The highest BCUT2D eigenvalue weighted by Gasteiger charge is 2.20. The van der Waals surface area contributed by atoms with Crippen molar-refractivity contribution in [3.8, 4) is 0 Å². The van der Waals surface area contributed by atoms with Gasteiger partial charge in [0.25, 0.3) is 0 Å². The van der Waals surface area contributed by atoms with E-state index in [-0.39, 0.29) is 17.9 Å². The molecule has 1 aromatic rings. The normalized spacial score (nSPS) is 18.4. The van der Waals surface area contributed by atoms with Crippen LogP contribution in [0, 0.1) is 0 Å². The van der Waals surface area contributed by atoms with E-state index in [0.717, 1.165) is 37.2 Å². The van der Waals surface area contributed by atoms with Gasteiger partial charge in [0, 0.05) is 17.8 Å². The molecule has 2 rings (SSSR count). The number of nitrogens with one attached hydrogen (secondary N) is 3. The lowest BCUT2D eigenvalue weighted by Gasteiger charge is -2.22. The highest BCUT2D eigenvalue weighted by molar-refractivity contribution is 5.95. The summed E-state index contributed by atoms with van der Waals surface area (Å²) in [4.78, 5) is 23.3. The monoisotopic (exact) mass is 275 g/mol. The van der Waals surface area contributed by atoms with Gasteiger partial charge >= 0.3 is 0 Å². The molecule has 0 aliphatic carbocycles. The summed E-state index contributed by atoms with van der Waals surface area (Å²) in [6.07, 6.45) is 3.56. The molecule has 0 spiro atoms. The maximum absolute atomic E-state index is 12.0. The Morgan fingerprint density at radius 2 is 1.80 bits per heavy atom. The molecule has 1 fully saturated rings. The Morgan fingerprint density at radius 3 is 2.35 bits per heavy atom. The molecule has 1 atom stereocenters. The van der Waals surface area contributed by atoms with Crippen molar-refractivity contribution in [1.29, 1.82) is 0 Å². The van der Waals surface area contributed by atoms with Gasteiger partial charge in [-0.25, -0.2) is 0 Å². The van der Waals surface area contributed by atoms with E-state index < -0.39 is 0 Å². The number of piperidine rings is 1. The lowest BCUT2D eigenvalue weighted by Crippen LogP contribution is -2.43. The summed E-state index contributed by atoms with van der Waals surface area (Å²) in [5, 5.41) is 8.88. The van der Waals surface area contributed by atoms with Crippen LogP contribution >= 0.6 is 0 Å². The SMILES string of the molecule is CCC(=O)Nc1ccc(NC(=O)C2CCCCN2)cc1. The van der Waals surface area contributed by atoms with Crippen molar-refractivity contribution in [3.05, 3.63) is 24.3 Å². The Kier molecular flexibility index (Phi) is 5.12. The second-order valence-corrected chi connectivity index (χ2v) is 4.97. The lowest BCUT2D eigenvalue weighted by molar-refractivity contribution is -0.118. The quantitative estimate of drug-likeness (QED) is 0.788. The molecule has 1 saturated heterocycles. The molecular formula is C15H21N3O2. The highest BCUT2D eigenvalue weighted by atomic mass is 16.2. The molecule has 0 aromatic heterocycles. The summed E-state index contributed by atoms with van der Waals surface area (Å²) in [7, 11) is 0. The molecule has 5 nitrogen and oxygen atoms in total. The zero-order chi connectivity index (χ0) is 14.4. The summed E-state index contributed by atoms with van der Waals surface area (Å²) >= 11 is 0. The van der Waals surface area contributed by atoms with Crippen molar-refractivity contribution in [1.82, 2.24) is 5.32 Å². The molecule has 108 valence electrons. The van der Waals surface area contributed by atoms with Crippen molar-refractivity contribution in [2.45, 2.75) is 38.6 Å². The minimum atomic E-state index is -0.0942. The summed E-state index contributed by atoms with van der Waals surface area (Å²) in [6.45, 7) is 2.71. The lowest BCUT2D eigenvalue weighted by atomic mass is 10.0. The van der Waals surface area contributed by atoms with Crippen LogP contribution in [0.5, 0.6) is 0 Å². The van der Waals surface area contributed by atoms with Crippen LogP contribution < -0.4 is 16.0 Å². The van der Waals surface area contributed by atoms with Crippen LogP contribution in [0.3, 0.4) is 0 Å². The van der Waals surface area contributed by atoms with Crippen molar-refractivity contribution in [2.75, 3.05) is 17.2 Å². The zero-order valence-electron chi connectivity index (χ0n) is 11.7. The first-order valence-corrected chi connectivity index (χ1v) is 7.13. The molecule has 1 aromatic carbocycles. The number of anilines is 2. The van der Waals surface area contributed by atoms with Crippen LogP contribution in [0.15, 0.2) is 24.3 Å². The van der Waals surface area contributed by atoms with Gasteiger partial charge in [-0.1, -0.05) is 13.3 Å². The predicted molar refractivity (Wildman–Crippen MR) is 79.6 cm³/mol. The van der Waals surface area contributed by atoms with Crippen molar-refractivity contribution < 1.29 is 9.59 Å². The minimum absolute atomic E-state index is 0.00930. The number of hydrogen-bond donors (Lipinski definition) is 3. The molecule has 0 saturated carbocycles. The molecule has 1 heterocycles. The van der Waals surface area contributed by atoms with Crippen molar-refractivity contribution >= 4 is 23.2 Å². The van der Waals surface area contributed by atoms with E-state index in [1.807, 2.05) is 0 Å². The van der Waals surface area contributed by atoms with Gasteiger partial charge in [0.05, 0.1) is 6.04 Å². The first-order chi connectivity index (χ1) is 9.69. The largest absolute Gasteiger partial charge is 0.326 e. The Bertz CT molecular complexity index is 465. The Balaban J connectivity index is 1.89. The fourth-order valence-corrected chi connectivity index (χ4v) is 2.19. The second-order valence-electron chi connectivity index (χ2n) is 4.97. The second kappa shape index (κ2) is 7.05. The first kappa shape index (κ1) is 14.5. The molecule has 0 radical (unpaired) electrons. The van der Waals surface area contributed by atoms with Gasteiger partial charge in [-0.05, 0) is 43.7 Å². The van der Waals surface area contributed by atoms with Crippen LogP contribution in [-0.2, 0) is 9.59 Å². The van der Waals surface area contributed by atoms with Crippen molar-refractivity contribution in [2.24, 2.45) is 0 Å². The average Bonchev–Trinajstić information content (AvgIpc) is 2.50. The van der Waals surface area contributed by atoms with Gasteiger partial charge in [0.15, 0.2) is 0 Å². The van der Waals surface area contributed by atoms with Gasteiger partial charge in [0.1, 0.15) is 0 Å². The third kappa shape index (κ3) is 4.06. The molecule has 0 bridgehead atoms. The fraction of sp³-hybridized carbons (Fsp3) is 0.467. The molecule has 5 heteroatoms. The Hall–Kier alpha value is -1.88. The van der Waals surface area contributed by atoms with E-state index in [4.69, 9.17) is 0 Å². The van der Waals surface area contributed by atoms with Crippen LogP contribution in [-0.4, -0.2) is 24.4 Å². The van der Waals surface area contributed by atoms with Crippen LogP contribution in [0.1, 0.15) is 32.6 Å². The molecule has 3 N–H and O–H groups in total. The molecule has 20 heavy (non-hydrogen) atoms. The van der Waals surface area contributed by atoms with Crippen LogP contribution in [0.25, 0.3) is 0 Å². The van der Waals surface area contributed by atoms with E-state index >= 15 is 0 Å². The highest BCUT2D eigenvalue weighted by Crippen LogP contribution is 2.15. The molecule has 2 amide bonds. The van der Waals surface area contributed by atoms with Gasteiger partial charge in [-0.2, -0.15) is 0 Å². The van der Waals surface area contributed by atoms with E-state index in [2.05, 4.69) is 16.0 Å². The van der Waals surface area contributed by atoms with Crippen molar-refractivity contribution in [3.63, 3.8) is 0 Å². The van der Waals surface area contributed by atoms with Crippen LogP contribution in [0.4, 0.5) is 11.4 Å². The average molecular weight is 275 g/mol. The number of carbonyl (C=O) groups excluding carboxylic acids is 2. The number of benzene rings is 1. The molecule has 1 aliphatic rings. The van der Waals surface area contributed by atoms with Crippen LogP contribution in [0.2, 0.25) is 0 Å². The smallest absolute Gasteiger partial charge is 0.241 e. The standard InChI is InChI=1S/C15H21N3O2/c1-2-14(19)17-11-6-8-12(9-7-11)18-15(20)13-5-3-4-10-16-13/h6-9,13,16H,2-5,10H2,1H3,(H,17,19)(H,18,20). The molecule has 1 unspecified atom stereocenters. The third-order valence-electron chi connectivity index (χ3n) is 3.38. The predicted octanol–water partition coefficient (Wildman–Crippen LogP) is 2.12. The van der Waals surface area contributed by atoms with Gasteiger partial charge < -0.3 is 16.0 Å². The third-order valence-corrected chi connectivity index (χ3v) is 3.38. The summed E-state index contributed by atoms with van der Waals surface area (Å²) < 4.78 is 0. The Labute approximate surface area is 119 Å². The molecular weight excluding hydrogens is 254 g/mol. The van der Waals surface area contributed by atoms with E-state index in [9.17, 15) is 9.59 Å². The van der Waals surface area contributed by atoms with E-state index in [1.54, 1.807) is 31.2 Å². The maximum atomic E-state index is 12.0. The zero-order valence-corrected chi connectivity index (χ0v) is 11.7. The first-order valence-electron chi connectivity index (χ1n) is 7.13. The maximum Gasteiger partial charge on any atom is 0.241 e. The molecule has 1 aliphatic heterocycles. The Morgan fingerprint density at radius 1 is 1.15 bits per heavy atom. The topological polar surface area (TPSA) is 70.2 Å². The minimum Gasteiger partial charge on any atom is -0.326 e. The summed E-state index contributed by atoms with van der Waals surface area (Å²) in [5.74, 6) is -0.0109. The van der Waals surface area contributed by atoms with E-state index in [1.165, 1.54) is 0 Å². The fourth-order valence-electron chi connectivity index (χ4n) is 2.19. The summed E-state index contributed by atoms with van der Waals surface area (Å²) in [6, 6.07) is 7.08. The van der Waals surface area contributed by atoms with E-state index in [0.29, 0.717) is 6.42 Å². The number of rotatable bonds is 4. The number of amides is 2. The van der Waals surface area contributed by atoms with Gasteiger partial charge in [-0.3, -0.25) is 9.59 Å². The van der Waals surface area contributed by atoms with Gasteiger partial charge in [0.2, 0.25) is 11.8 Å². The van der Waals surface area contributed by atoms with Gasteiger partial charge in [-0.15, -0.1) is 0 Å². The number of carbonyl (C=O) groups is 2. The number of hydrogen-bond acceptors (Lipinski definition) is 3. The summed E-state index contributed by atoms with van der Waals surface area (Å²) in [5.41, 5.74) is 1.49.